The molecular weight excluding hydrogens is 488 g/mol. The first-order chi connectivity index (χ1) is 14.7. The quantitative estimate of drug-likeness (QED) is 0.294. The van der Waals surface area contributed by atoms with Gasteiger partial charge in [0.1, 0.15) is 0 Å². The van der Waals surface area contributed by atoms with Crippen molar-refractivity contribution in [1.29, 1.82) is 0 Å². The number of rotatable bonds is 5. The van der Waals surface area contributed by atoms with Crippen molar-refractivity contribution in [1.82, 2.24) is 4.72 Å². The van der Waals surface area contributed by atoms with Crippen LogP contribution in [0.4, 0.5) is 43.9 Å². The van der Waals surface area contributed by atoms with Gasteiger partial charge in [-0.1, -0.05) is 0 Å². The summed E-state index contributed by atoms with van der Waals surface area (Å²) >= 11 is 0. The van der Waals surface area contributed by atoms with Gasteiger partial charge in [0.15, 0.2) is 46.5 Å². The van der Waals surface area contributed by atoms with Gasteiger partial charge in [-0.2, -0.15) is 0 Å². The summed E-state index contributed by atoms with van der Waals surface area (Å²) in [6, 6.07) is 0. The van der Waals surface area contributed by atoms with Crippen LogP contribution < -0.4 is 4.72 Å². The van der Waals surface area contributed by atoms with Gasteiger partial charge >= 0.3 is 0 Å². The van der Waals surface area contributed by atoms with Crippen molar-refractivity contribution in [3.05, 3.63) is 80.8 Å². The summed E-state index contributed by atoms with van der Waals surface area (Å²) in [4.78, 5) is 11.6. The van der Waals surface area contributed by atoms with E-state index in [9.17, 15) is 57.1 Å². The zero-order valence-corrected chi connectivity index (χ0v) is 15.5. The molecule has 4 nitrogen and oxygen atoms in total. The van der Waals surface area contributed by atoms with Crippen LogP contribution in [0.15, 0.2) is 11.5 Å². The van der Waals surface area contributed by atoms with E-state index in [1.54, 1.807) is 0 Å². The Bertz CT molecular complexity index is 1230. The average Bonchev–Trinajstić information content (AvgIpc) is 2.73. The summed E-state index contributed by atoms with van der Waals surface area (Å²) in [6.07, 6.45) is -0.0172. The molecular formula is C17H5F10NO3S. The SMILES string of the molecule is O=C(/C=C/c1c(F)c(F)c(F)c(F)c1F)NS(=O)(=O)/C=C\c1c(F)c(F)c(F)c(F)c1F. The maximum Gasteiger partial charge on any atom is 0.257 e. The molecule has 0 aliphatic heterocycles. The van der Waals surface area contributed by atoms with Crippen LogP contribution in [0, 0.1) is 58.2 Å². The van der Waals surface area contributed by atoms with E-state index in [4.69, 9.17) is 0 Å². The molecule has 0 heterocycles. The lowest BCUT2D eigenvalue weighted by Gasteiger charge is -2.05. The van der Waals surface area contributed by atoms with Gasteiger partial charge in [-0.05, 0) is 12.2 Å². The highest BCUT2D eigenvalue weighted by atomic mass is 32.2. The lowest BCUT2D eigenvalue weighted by molar-refractivity contribution is -0.114. The third-order valence-corrected chi connectivity index (χ3v) is 4.53. The number of hydrogen-bond acceptors (Lipinski definition) is 3. The first-order valence-electron chi connectivity index (χ1n) is 7.65. The van der Waals surface area contributed by atoms with Gasteiger partial charge in [0.25, 0.3) is 15.9 Å². The van der Waals surface area contributed by atoms with Gasteiger partial charge in [-0.25, -0.2) is 57.0 Å². The summed E-state index contributed by atoms with van der Waals surface area (Å²) in [5, 5.41) is -0.185. The van der Waals surface area contributed by atoms with Gasteiger partial charge in [0.05, 0.1) is 16.5 Å². The standard InChI is InChI=1S/C17H5F10NO3S/c18-8-5(9(19)13(23)16(26)12(8)22)1-2-7(29)28-32(30,31)4-3-6-10(20)14(24)17(27)15(25)11(6)21/h1-4H,(H,28,29)/b2-1+,4-3-. The first kappa shape index (κ1) is 24.9. The zero-order valence-electron chi connectivity index (χ0n) is 14.7. The maximum absolute atomic E-state index is 13.5. The van der Waals surface area contributed by atoms with Crippen LogP contribution in [0.5, 0.6) is 0 Å². The molecule has 1 N–H and O–H groups in total. The molecule has 2 aromatic rings. The number of halogens is 10. The summed E-state index contributed by atoms with van der Waals surface area (Å²) in [6.45, 7) is 0. The maximum atomic E-state index is 13.5. The Hall–Kier alpha value is -3.36. The average molecular weight is 493 g/mol. The first-order valence-corrected chi connectivity index (χ1v) is 9.20. The van der Waals surface area contributed by atoms with Gasteiger partial charge < -0.3 is 0 Å². The van der Waals surface area contributed by atoms with Crippen LogP contribution in [0.25, 0.3) is 12.2 Å². The largest absolute Gasteiger partial charge is 0.269 e. The molecule has 0 unspecified atom stereocenters. The van der Waals surface area contributed by atoms with E-state index in [-0.39, 0.29) is 23.6 Å². The highest BCUT2D eigenvalue weighted by molar-refractivity contribution is 7.93. The Kier molecular flexibility index (Phi) is 7.02. The zero-order chi connectivity index (χ0) is 24.5. The molecule has 172 valence electrons. The van der Waals surface area contributed by atoms with Gasteiger partial charge in [0.2, 0.25) is 11.6 Å². The van der Waals surface area contributed by atoms with Crippen molar-refractivity contribution < 1.29 is 57.1 Å². The molecule has 0 aliphatic carbocycles. The molecule has 0 bridgehead atoms. The minimum atomic E-state index is -5.00. The van der Waals surface area contributed by atoms with Crippen molar-refractivity contribution in [2.75, 3.05) is 0 Å². The Labute approximate surface area is 171 Å². The lowest BCUT2D eigenvalue weighted by atomic mass is 10.1. The second-order valence-corrected chi connectivity index (χ2v) is 7.18. The van der Waals surface area contributed by atoms with Crippen LogP contribution in [-0.2, 0) is 14.8 Å². The van der Waals surface area contributed by atoms with Crippen LogP contribution in [0.1, 0.15) is 11.1 Å². The predicted octanol–water partition coefficient (Wildman–Crippen LogP) is 4.21. The van der Waals surface area contributed by atoms with Crippen LogP contribution in [0.3, 0.4) is 0 Å². The molecule has 0 fully saturated rings. The van der Waals surface area contributed by atoms with E-state index in [2.05, 4.69) is 0 Å². The minimum absolute atomic E-state index is 0.0298. The fraction of sp³-hybridized carbons (Fsp3) is 0. The Morgan fingerprint density at radius 2 is 0.875 bits per heavy atom. The monoisotopic (exact) mass is 493 g/mol. The van der Waals surface area contributed by atoms with Crippen LogP contribution >= 0.6 is 0 Å². The molecule has 2 rings (SSSR count). The smallest absolute Gasteiger partial charge is 0.257 e. The lowest BCUT2D eigenvalue weighted by Crippen LogP contribution is -2.27. The summed E-state index contributed by atoms with van der Waals surface area (Å²) < 4.78 is 157. The van der Waals surface area contributed by atoms with E-state index in [0.717, 1.165) is 4.72 Å². The number of nitrogens with one attached hydrogen (secondary N) is 1. The number of carbonyl (C=O) groups excluding carboxylic acids is 1. The van der Waals surface area contributed by atoms with Gasteiger partial charge in [0, 0.05) is 6.08 Å². The third kappa shape index (κ3) is 4.76. The number of sulfonamides is 1. The molecule has 0 saturated heterocycles. The molecule has 0 aromatic heterocycles. The van der Waals surface area contributed by atoms with Crippen molar-refractivity contribution in [3.8, 4) is 0 Å². The molecule has 0 saturated carbocycles. The van der Waals surface area contributed by atoms with E-state index < -0.39 is 85.2 Å². The highest BCUT2D eigenvalue weighted by Gasteiger charge is 2.26. The fourth-order valence-electron chi connectivity index (χ4n) is 2.06. The van der Waals surface area contributed by atoms with Gasteiger partial charge in [-0.3, -0.25) is 4.79 Å². The van der Waals surface area contributed by atoms with E-state index in [1.807, 2.05) is 0 Å². The summed E-state index contributed by atoms with van der Waals surface area (Å²) in [5.41, 5.74) is -3.26. The molecule has 0 aliphatic rings. The van der Waals surface area contributed by atoms with Crippen molar-refractivity contribution in [2.45, 2.75) is 0 Å². The summed E-state index contributed by atoms with van der Waals surface area (Å²) in [7, 11) is -5.00. The topological polar surface area (TPSA) is 63.2 Å². The fourth-order valence-corrected chi connectivity index (χ4v) is 2.79. The molecule has 1 amide bonds. The van der Waals surface area contributed by atoms with E-state index in [0.29, 0.717) is 0 Å². The summed E-state index contributed by atoms with van der Waals surface area (Å²) in [5.74, 6) is -25.6. The molecule has 15 heteroatoms. The molecule has 0 spiro atoms. The Balaban J connectivity index is 2.29. The Morgan fingerprint density at radius 1 is 0.562 bits per heavy atom. The highest BCUT2D eigenvalue weighted by Crippen LogP contribution is 2.25. The van der Waals surface area contributed by atoms with E-state index in [1.165, 1.54) is 0 Å². The molecule has 0 radical (unpaired) electrons. The van der Waals surface area contributed by atoms with Crippen LogP contribution in [0.2, 0.25) is 0 Å². The van der Waals surface area contributed by atoms with Crippen molar-refractivity contribution in [3.63, 3.8) is 0 Å². The Morgan fingerprint density at radius 3 is 1.25 bits per heavy atom. The predicted molar refractivity (Wildman–Crippen MR) is 87.6 cm³/mol. The normalized spacial score (nSPS) is 12.2. The number of amides is 1. The third-order valence-electron chi connectivity index (χ3n) is 3.55. The minimum Gasteiger partial charge on any atom is -0.269 e. The number of benzene rings is 2. The van der Waals surface area contributed by atoms with E-state index >= 15 is 0 Å². The van der Waals surface area contributed by atoms with Crippen molar-refractivity contribution in [2.24, 2.45) is 0 Å². The van der Waals surface area contributed by atoms with Crippen LogP contribution in [-0.4, -0.2) is 14.3 Å². The second-order valence-electron chi connectivity index (χ2n) is 5.61. The molecule has 32 heavy (non-hydrogen) atoms. The second kappa shape index (κ2) is 9.02. The van der Waals surface area contributed by atoms with Gasteiger partial charge in [-0.15, -0.1) is 0 Å². The number of carbonyl (C=O) groups is 1. The molecule has 2 aromatic carbocycles. The number of hydrogen-bond donors (Lipinski definition) is 1. The molecule has 0 atom stereocenters. The van der Waals surface area contributed by atoms with Crippen molar-refractivity contribution >= 4 is 28.1 Å².